The minimum Gasteiger partial charge on any atom is -0.465 e. The Hall–Kier alpha value is -2.63. The van der Waals surface area contributed by atoms with Crippen molar-refractivity contribution < 1.29 is 9.53 Å². The zero-order valence-corrected chi connectivity index (χ0v) is 9.51. The maximum atomic E-state index is 11.8. The lowest BCUT2D eigenvalue weighted by Crippen LogP contribution is -2.15. The molecule has 2 heterocycles. The summed E-state index contributed by atoms with van der Waals surface area (Å²) in [4.78, 5) is 30.0. The molecule has 0 spiro atoms. The summed E-state index contributed by atoms with van der Waals surface area (Å²) in [5.74, 6) is -0.444. The van der Waals surface area contributed by atoms with Crippen molar-refractivity contribution in [3.05, 3.63) is 46.6 Å². The van der Waals surface area contributed by atoms with Gasteiger partial charge in [0.1, 0.15) is 5.65 Å². The zero-order chi connectivity index (χ0) is 12.7. The van der Waals surface area contributed by atoms with Crippen LogP contribution in [0.25, 0.3) is 16.6 Å². The molecule has 3 aromatic rings. The molecule has 6 heteroatoms. The number of methoxy groups -OCH3 is 1. The molecule has 0 bridgehead atoms. The fourth-order valence-electron chi connectivity index (χ4n) is 1.93. The van der Waals surface area contributed by atoms with Crippen LogP contribution in [-0.4, -0.2) is 27.4 Å². The van der Waals surface area contributed by atoms with Crippen LogP contribution in [0.2, 0.25) is 0 Å². The van der Waals surface area contributed by atoms with E-state index in [1.807, 2.05) is 0 Å². The van der Waals surface area contributed by atoms with Gasteiger partial charge in [-0.2, -0.15) is 0 Å². The first kappa shape index (κ1) is 10.5. The number of aromatic amines is 1. The number of hydrogen-bond donors (Lipinski definition) is 1. The first-order valence-electron chi connectivity index (χ1n) is 5.28. The highest BCUT2D eigenvalue weighted by molar-refractivity contribution is 5.98. The molecule has 3 rings (SSSR count). The number of nitrogens with one attached hydrogen (secondary N) is 1. The number of carbonyl (C=O) groups is 1. The van der Waals surface area contributed by atoms with Crippen molar-refractivity contribution in [1.82, 2.24) is 14.4 Å². The van der Waals surface area contributed by atoms with Crippen molar-refractivity contribution in [2.45, 2.75) is 0 Å². The number of esters is 1. The van der Waals surface area contributed by atoms with E-state index in [-0.39, 0.29) is 5.69 Å². The summed E-state index contributed by atoms with van der Waals surface area (Å²) < 4.78 is 6.05. The maximum absolute atomic E-state index is 11.8. The van der Waals surface area contributed by atoms with Crippen LogP contribution in [0.1, 0.15) is 10.4 Å². The van der Waals surface area contributed by atoms with Crippen LogP contribution in [0, 0.1) is 0 Å². The first-order chi connectivity index (χ1) is 8.70. The molecule has 0 aliphatic heterocycles. The molecule has 1 aromatic carbocycles. The summed E-state index contributed by atoms with van der Waals surface area (Å²) in [5.41, 5.74) is 1.21. The fourth-order valence-corrected chi connectivity index (χ4v) is 1.93. The Morgan fingerprint density at radius 2 is 2.28 bits per heavy atom. The molecular weight excluding hydrogens is 234 g/mol. The highest BCUT2D eigenvalue weighted by Gasteiger charge is 2.09. The first-order valence-corrected chi connectivity index (χ1v) is 5.28. The van der Waals surface area contributed by atoms with Gasteiger partial charge in [-0.15, -0.1) is 0 Å². The highest BCUT2D eigenvalue weighted by Crippen LogP contribution is 2.17. The van der Waals surface area contributed by atoms with Gasteiger partial charge in [0, 0.05) is 17.8 Å². The lowest BCUT2D eigenvalue weighted by atomic mass is 10.1. The third kappa shape index (κ3) is 1.39. The van der Waals surface area contributed by atoms with Crippen molar-refractivity contribution in [2.75, 3.05) is 7.11 Å². The normalized spacial score (nSPS) is 10.9. The number of carbonyl (C=O) groups excluding carboxylic acids is 1. The Bertz CT molecular complexity index is 816. The molecule has 90 valence electrons. The summed E-state index contributed by atoms with van der Waals surface area (Å²) in [6, 6.07) is 4.96. The zero-order valence-electron chi connectivity index (χ0n) is 9.51. The van der Waals surface area contributed by atoms with E-state index in [1.54, 1.807) is 30.6 Å². The maximum Gasteiger partial charge on any atom is 0.337 e. The number of fused-ring (bicyclic) bond motifs is 3. The van der Waals surface area contributed by atoms with Crippen molar-refractivity contribution in [2.24, 2.45) is 0 Å². The Labute approximate surface area is 101 Å². The standard InChI is InChI=1S/C12H9N3O3/c1-18-11(16)7-2-3-8-9(6-7)14-12(17)15-5-4-13-10(8)15/h2-6H,1H3,(H,14,17). The lowest BCUT2D eigenvalue weighted by Gasteiger charge is -2.03. The van der Waals surface area contributed by atoms with Gasteiger partial charge < -0.3 is 9.72 Å². The molecule has 0 aliphatic carbocycles. The van der Waals surface area contributed by atoms with Gasteiger partial charge >= 0.3 is 11.7 Å². The number of H-pyrrole nitrogens is 1. The number of nitrogens with zero attached hydrogens (tertiary/aromatic N) is 2. The largest absolute Gasteiger partial charge is 0.465 e. The van der Waals surface area contributed by atoms with Gasteiger partial charge in [0.25, 0.3) is 0 Å². The van der Waals surface area contributed by atoms with Crippen LogP contribution in [0.3, 0.4) is 0 Å². The minimum atomic E-state index is -0.444. The average molecular weight is 243 g/mol. The van der Waals surface area contributed by atoms with E-state index < -0.39 is 5.97 Å². The van der Waals surface area contributed by atoms with Gasteiger partial charge in [0.05, 0.1) is 18.2 Å². The highest BCUT2D eigenvalue weighted by atomic mass is 16.5. The molecule has 0 fully saturated rings. The molecule has 0 unspecified atom stereocenters. The third-order valence-corrected chi connectivity index (χ3v) is 2.78. The Kier molecular flexibility index (Phi) is 2.16. The van der Waals surface area contributed by atoms with Crippen LogP contribution in [0.5, 0.6) is 0 Å². The van der Waals surface area contributed by atoms with Gasteiger partial charge in [-0.3, -0.25) is 4.40 Å². The van der Waals surface area contributed by atoms with E-state index in [0.29, 0.717) is 16.7 Å². The lowest BCUT2D eigenvalue weighted by molar-refractivity contribution is 0.0601. The van der Waals surface area contributed by atoms with Gasteiger partial charge in [-0.1, -0.05) is 0 Å². The number of benzene rings is 1. The number of ether oxygens (including phenoxy) is 1. The smallest absolute Gasteiger partial charge is 0.337 e. The van der Waals surface area contributed by atoms with Crippen molar-refractivity contribution in [3.63, 3.8) is 0 Å². The van der Waals surface area contributed by atoms with Gasteiger partial charge in [0.2, 0.25) is 0 Å². The molecule has 0 aliphatic rings. The molecule has 1 N–H and O–H groups in total. The Balaban J connectivity index is 2.39. The second-order valence-electron chi connectivity index (χ2n) is 3.80. The number of rotatable bonds is 1. The van der Waals surface area contributed by atoms with Crippen LogP contribution in [0.15, 0.2) is 35.4 Å². The molecule has 2 aromatic heterocycles. The Morgan fingerprint density at radius 1 is 1.44 bits per heavy atom. The number of hydrogen-bond acceptors (Lipinski definition) is 4. The molecular formula is C12H9N3O3. The molecule has 0 saturated heterocycles. The van der Waals surface area contributed by atoms with E-state index in [2.05, 4.69) is 14.7 Å². The van der Waals surface area contributed by atoms with Gasteiger partial charge in [-0.05, 0) is 18.2 Å². The topological polar surface area (TPSA) is 76.5 Å². The number of aromatic nitrogens is 3. The van der Waals surface area contributed by atoms with E-state index in [4.69, 9.17) is 0 Å². The summed E-state index contributed by atoms with van der Waals surface area (Å²) in [6.45, 7) is 0. The monoisotopic (exact) mass is 243 g/mol. The van der Waals surface area contributed by atoms with Gasteiger partial charge in [0.15, 0.2) is 0 Å². The van der Waals surface area contributed by atoms with Crippen molar-refractivity contribution in [3.8, 4) is 0 Å². The van der Waals surface area contributed by atoms with Crippen LogP contribution < -0.4 is 5.69 Å². The average Bonchev–Trinajstić information content (AvgIpc) is 2.87. The molecule has 6 nitrogen and oxygen atoms in total. The van der Waals surface area contributed by atoms with Crippen LogP contribution >= 0.6 is 0 Å². The fraction of sp³-hybridized carbons (Fsp3) is 0.0833. The predicted molar refractivity (Wildman–Crippen MR) is 64.7 cm³/mol. The molecule has 0 radical (unpaired) electrons. The minimum absolute atomic E-state index is 0.294. The molecule has 0 atom stereocenters. The van der Waals surface area contributed by atoms with Crippen molar-refractivity contribution in [1.29, 1.82) is 0 Å². The number of imidazole rings is 1. The Morgan fingerprint density at radius 3 is 3.06 bits per heavy atom. The third-order valence-electron chi connectivity index (χ3n) is 2.78. The van der Waals surface area contributed by atoms with E-state index in [9.17, 15) is 9.59 Å². The summed E-state index contributed by atoms with van der Waals surface area (Å²) >= 11 is 0. The van der Waals surface area contributed by atoms with E-state index >= 15 is 0 Å². The van der Waals surface area contributed by atoms with Crippen LogP contribution in [0.4, 0.5) is 0 Å². The quantitative estimate of drug-likeness (QED) is 0.646. The molecule has 0 saturated carbocycles. The molecule has 18 heavy (non-hydrogen) atoms. The predicted octanol–water partition coefficient (Wildman–Crippen LogP) is 0.962. The second-order valence-corrected chi connectivity index (χ2v) is 3.80. The SMILES string of the molecule is COC(=O)c1ccc2c(c1)[nH]c(=O)n1ccnc21. The van der Waals surface area contributed by atoms with E-state index in [1.165, 1.54) is 11.5 Å². The summed E-state index contributed by atoms with van der Waals surface area (Å²) in [5, 5.41) is 0.771. The van der Waals surface area contributed by atoms with E-state index in [0.717, 1.165) is 5.39 Å². The van der Waals surface area contributed by atoms with Gasteiger partial charge in [-0.25, -0.2) is 14.6 Å². The molecule has 0 amide bonds. The van der Waals surface area contributed by atoms with Crippen molar-refractivity contribution >= 4 is 22.5 Å². The summed E-state index contributed by atoms with van der Waals surface area (Å²) in [6.07, 6.45) is 3.14. The second kappa shape index (κ2) is 3.69. The van der Waals surface area contributed by atoms with Crippen LogP contribution in [-0.2, 0) is 4.74 Å². The summed E-state index contributed by atoms with van der Waals surface area (Å²) in [7, 11) is 1.31.